The number of carbonyl (C=O) groups excluding carboxylic acids is 3. The number of piperidine rings is 2. The number of alkyl halides is 3. The molecule has 70 heavy (non-hydrogen) atoms. The van der Waals surface area contributed by atoms with Crippen LogP contribution < -0.4 is 21.2 Å². The number of rotatable bonds is 8. The van der Waals surface area contributed by atoms with E-state index in [-0.39, 0.29) is 41.9 Å². The number of aromatic nitrogens is 6. The number of carboxylic acid groups (broad SMARTS) is 1. The summed E-state index contributed by atoms with van der Waals surface area (Å²) in [5.74, 6) is -9.43. The lowest BCUT2D eigenvalue weighted by atomic mass is 9.56. The molecule has 0 unspecified atom stereocenters. The van der Waals surface area contributed by atoms with Crippen molar-refractivity contribution in [2.45, 2.75) is 88.4 Å². The van der Waals surface area contributed by atoms with E-state index in [0.29, 0.717) is 29.9 Å². The third-order valence-corrected chi connectivity index (χ3v) is 14.4. The van der Waals surface area contributed by atoms with Crippen LogP contribution in [0.2, 0.25) is 0 Å². The maximum Gasteiger partial charge on any atom is 0.490 e. The van der Waals surface area contributed by atoms with Gasteiger partial charge in [0, 0.05) is 62.6 Å². The van der Waals surface area contributed by atoms with Crippen LogP contribution in [0.5, 0.6) is 5.75 Å². The summed E-state index contributed by atoms with van der Waals surface area (Å²) in [5.41, 5.74) is 4.64. The van der Waals surface area contributed by atoms with Crippen molar-refractivity contribution in [1.82, 2.24) is 39.5 Å². The highest BCUT2D eigenvalue weighted by Crippen LogP contribution is 2.57. The fourth-order valence-corrected chi connectivity index (χ4v) is 10.4. The van der Waals surface area contributed by atoms with Crippen LogP contribution in [0.1, 0.15) is 98.1 Å². The molecule has 2 saturated heterocycles. The number of carbonyl (C=O) groups is 4. The van der Waals surface area contributed by atoms with Crippen molar-refractivity contribution in [1.29, 1.82) is 0 Å². The summed E-state index contributed by atoms with van der Waals surface area (Å²) in [6.07, 6.45) is 8.65. The maximum atomic E-state index is 14.2. The smallest absolute Gasteiger partial charge is 0.490 e. The topological polar surface area (TPSA) is 207 Å². The zero-order chi connectivity index (χ0) is 49.8. The van der Waals surface area contributed by atoms with Crippen LogP contribution in [0, 0.1) is 28.8 Å². The number of amides is 3. The number of hydrogen-bond donors (Lipinski definition) is 4. The van der Waals surface area contributed by atoms with Crippen molar-refractivity contribution in [3.8, 4) is 16.9 Å². The highest BCUT2D eigenvalue weighted by Gasteiger charge is 2.47. The first kappa shape index (κ1) is 47.8. The van der Waals surface area contributed by atoms with Crippen LogP contribution in [0.25, 0.3) is 33.1 Å². The average Bonchev–Trinajstić information content (AvgIpc) is 3.87. The molecule has 22 heteroatoms. The number of nitrogens with one attached hydrogen (secondary N) is 2. The van der Waals surface area contributed by atoms with Gasteiger partial charge in [0.25, 0.3) is 5.91 Å². The molecule has 368 valence electrons. The summed E-state index contributed by atoms with van der Waals surface area (Å²) >= 11 is 0. The molecule has 4 N–H and O–H groups in total. The standard InChI is InChI=1S/C46H46F3N9O5.C2HF3O2/c1-55-37-17-27(6-9-35(37)58(45(55)63)36-10-11-38(59)53-43(36)62)29-19-46(20-29)12-14-56(15-13-46)44-51-22-30(23-52-44)26-4-5-28-24-57(54-34(28)16-26)31-7-2-25(3-8-31)21-50-42(61)32-18-33(47)41(60)40(49)39(32)48;3-2(4,5)1(6)7/h4-6,9,16-18,22-25,29,31,36,60H,2-3,7-8,10-15,19-21H2,1H3,(H,50,61)(H,53,59,62);(H,6,7)/t25?,31?,36-;/m1./s1. The highest BCUT2D eigenvalue weighted by atomic mass is 19.4. The van der Waals surface area contributed by atoms with Crippen LogP contribution in [0.15, 0.2) is 65.8 Å². The van der Waals surface area contributed by atoms with Gasteiger partial charge >= 0.3 is 17.8 Å². The van der Waals surface area contributed by atoms with Gasteiger partial charge in [0.1, 0.15) is 6.04 Å². The fourth-order valence-electron chi connectivity index (χ4n) is 10.4. The monoisotopic (exact) mass is 975 g/mol. The summed E-state index contributed by atoms with van der Waals surface area (Å²) in [6, 6.07) is 12.2. The van der Waals surface area contributed by atoms with E-state index < -0.39 is 58.8 Å². The van der Waals surface area contributed by atoms with Crippen LogP contribution in [-0.2, 0) is 21.4 Å². The predicted octanol–water partition coefficient (Wildman–Crippen LogP) is 7.21. The molecule has 1 spiro atoms. The van der Waals surface area contributed by atoms with Crippen LogP contribution >= 0.6 is 0 Å². The molecule has 3 amide bonds. The van der Waals surface area contributed by atoms with Crippen LogP contribution in [-0.4, -0.2) is 88.6 Å². The van der Waals surface area contributed by atoms with Crippen molar-refractivity contribution in [3.05, 3.63) is 100 Å². The van der Waals surface area contributed by atoms with Gasteiger partial charge in [0.05, 0.1) is 28.2 Å². The summed E-state index contributed by atoms with van der Waals surface area (Å²) < 4.78 is 78.5. The van der Waals surface area contributed by atoms with Crippen LogP contribution in [0.3, 0.4) is 0 Å². The SMILES string of the molecule is Cn1c(=O)n([C@@H]2CCC(=O)NC2=O)c2ccc(C3CC4(CCN(c5ncc(-c6ccc7cn(C8CCC(CNC(=O)c9cc(F)c(O)c(F)c9F)CC8)nc7c6)cn5)CC4)C3)cc21.O=C(O)C(F)(F)F. The Kier molecular flexibility index (Phi) is 12.7. The number of phenols is 1. The van der Waals surface area contributed by atoms with Crippen molar-refractivity contribution >= 4 is 51.6 Å². The van der Waals surface area contributed by atoms with E-state index in [2.05, 4.69) is 27.7 Å². The lowest BCUT2D eigenvalue weighted by Gasteiger charge is -2.52. The van der Waals surface area contributed by atoms with Crippen LogP contribution in [0.4, 0.5) is 32.3 Å². The normalized spacial score (nSPS) is 20.5. The number of aromatic hydroxyl groups is 1. The number of aryl methyl sites for hydroxylation is 1. The minimum Gasteiger partial charge on any atom is -0.503 e. The first-order chi connectivity index (χ1) is 33.3. The molecule has 3 aromatic carbocycles. The first-order valence-corrected chi connectivity index (χ1v) is 22.8. The molecule has 4 aliphatic rings. The zero-order valence-corrected chi connectivity index (χ0v) is 37.6. The molecule has 16 nitrogen and oxygen atoms in total. The number of anilines is 1. The van der Waals surface area contributed by atoms with Gasteiger partial charge in [-0.3, -0.25) is 33.5 Å². The molecule has 10 rings (SSSR count). The Bertz CT molecular complexity index is 3090. The molecule has 4 fully saturated rings. The Morgan fingerprint density at radius 3 is 2.23 bits per heavy atom. The molecule has 0 bridgehead atoms. The van der Waals surface area contributed by atoms with Gasteiger partial charge < -0.3 is 20.4 Å². The minimum absolute atomic E-state index is 0.110. The predicted molar refractivity (Wildman–Crippen MR) is 240 cm³/mol. The van der Waals surface area contributed by atoms with E-state index in [4.69, 9.17) is 25.0 Å². The first-order valence-electron chi connectivity index (χ1n) is 22.8. The molecule has 2 saturated carbocycles. The summed E-state index contributed by atoms with van der Waals surface area (Å²) in [5, 5.41) is 27.3. The number of hydrogen-bond acceptors (Lipinski definition) is 10. The molecule has 0 radical (unpaired) electrons. The third-order valence-electron chi connectivity index (χ3n) is 14.4. The molecule has 2 aliphatic heterocycles. The van der Waals surface area contributed by atoms with Gasteiger partial charge in [-0.1, -0.05) is 18.2 Å². The van der Waals surface area contributed by atoms with Gasteiger partial charge in [0.2, 0.25) is 23.6 Å². The van der Waals surface area contributed by atoms with E-state index in [1.54, 1.807) is 11.6 Å². The number of imidazole rings is 1. The quantitative estimate of drug-likeness (QED) is 0.0681. The number of nitrogens with zero attached hydrogens (tertiary/aromatic N) is 7. The number of carboxylic acids is 1. The highest BCUT2D eigenvalue weighted by molar-refractivity contribution is 6.00. The summed E-state index contributed by atoms with van der Waals surface area (Å²) in [4.78, 5) is 70.8. The molecule has 6 aromatic rings. The lowest BCUT2D eigenvalue weighted by molar-refractivity contribution is -0.192. The van der Waals surface area contributed by atoms with E-state index in [1.807, 2.05) is 47.5 Å². The largest absolute Gasteiger partial charge is 0.503 e. The Labute approximate surface area is 394 Å². The summed E-state index contributed by atoms with van der Waals surface area (Å²) in [6.45, 7) is 1.98. The van der Waals surface area contributed by atoms with E-state index >= 15 is 0 Å². The van der Waals surface area contributed by atoms with Gasteiger partial charge in [-0.15, -0.1) is 0 Å². The number of benzene rings is 3. The fraction of sp³-hybridized carbons (Fsp3) is 0.417. The van der Waals surface area contributed by atoms with E-state index in [1.165, 1.54) is 10.1 Å². The Morgan fingerprint density at radius 2 is 1.57 bits per heavy atom. The molecule has 3 aromatic heterocycles. The third kappa shape index (κ3) is 9.29. The molecule has 2 aliphatic carbocycles. The van der Waals surface area contributed by atoms with Gasteiger partial charge in [-0.25, -0.2) is 28.3 Å². The molecule has 5 heterocycles. The Hall–Kier alpha value is -7.26. The number of phenolic OH excluding ortho intramolecular Hbond substituents is 1. The van der Waals surface area contributed by atoms with Crippen molar-refractivity contribution in [3.63, 3.8) is 0 Å². The molecular formula is C48H47F6N9O7. The zero-order valence-electron chi connectivity index (χ0n) is 37.6. The molecule has 1 atom stereocenters. The van der Waals surface area contributed by atoms with Crippen molar-refractivity contribution in [2.24, 2.45) is 18.4 Å². The number of fused-ring (bicyclic) bond motifs is 2. The second-order valence-corrected chi connectivity index (χ2v) is 18.7. The van der Waals surface area contributed by atoms with Gasteiger partial charge in [-0.2, -0.15) is 22.7 Å². The van der Waals surface area contributed by atoms with Crippen molar-refractivity contribution < 1.29 is 55.7 Å². The number of aliphatic carboxylic acids is 1. The lowest BCUT2D eigenvalue weighted by Crippen LogP contribution is -2.46. The molecular weight excluding hydrogens is 929 g/mol. The van der Waals surface area contributed by atoms with Crippen molar-refractivity contribution in [2.75, 3.05) is 24.5 Å². The number of imide groups is 1. The minimum atomic E-state index is -5.08. The second-order valence-electron chi connectivity index (χ2n) is 18.7. The van der Waals surface area contributed by atoms with E-state index in [9.17, 15) is 50.6 Å². The van der Waals surface area contributed by atoms with Gasteiger partial charge in [0.15, 0.2) is 17.4 Å². The van der Waals surface area contributed by atoms with E-state index in [0.717, 1.165) is 92.0 Å². The second kappa shape index (κ2) is 18.6. The maximum absolute atomic E-state index is 14.2. The van der Waals surface area contributed by atoms with Gasteiger partial charge in [-0.05, 0) is 110 Å². The average molecular weight is 976 g/mol. The Morgan fingerprint density at radius 1 is 0.886 bits per heavy atom. The Balaban J connectivity index is 0.000000810. The number of halogens is 6. The summed E-state index contributed by atoms with van der Waals surface area (Å²) in [7, 11) is 1.73.